The standard InChI is InChI=1S/C12H16OS/c1-9(2)14-11-5-3-10(4-6-11)12(13)7-8-12/h3-6,9,13H,7-8H2,1-2H3. The fourth-order valence-corrected chi connectivity index (χ4v) is 2.36. The van der Waals surface area contributed by atoms with Crippen LogP contribution in [0.2, 0.25) is 0 Å². The van der Waals surface area contributed by atoms with Crippen LogP contribution in [-0.2, 0) is 5.60 Å². The highest BCUT2D eigenvalue weighted by atomic mass is 32.2. The average Bonchev–Trinajstić information content (AvgIpc) is 2.85. The summed E-state index contributed by atoms with van der Waals surface area (Å²) in [6.45, 7) is 4.38. The Morgan fingerprint density at radius 3 is 2.21 bits per heavy atom. The van der Waals surface area contributed by atoms with E-state index in [0.717, 1.165) is 18.4 Å². The first kappa shape index (κ1) is 10.1. The van der Waals surface area contributed by atoms with Crippen LogP contribution in [-0.4, -0.2) is 10.4 Å². The second-order valence-electron chi connectivity index (χ2n) is 4.22. The van der Waals surface area contributed by atoms with E-state index in [1.807, 2.05) is 11.8 Å². The van der Waals surface area contributed by atoms with Gasteiger partial charge in [-0.1, -0.05) is 26.0 Å². The van der Waals surface area contributed by atoms with Gasteiger partial charge in [0.25, 0.3) is 0 Å². The lowest BCUT2D eigenvalue weighted by atomic mass is 10.1. The van der Waals surface area contributed by atoms with Crippen LogP contribution in [0, 0.1) is 0 Å². The van der Waals surface area contributed by atoms with Crippen LogP contribution >= 0.6 is 11.8 Å². The molecule has 0 amide bonds. The van der Waals surface area contributed by atoms with Crippen molar-refractivity contribution in [1.29, 1.82) is 0 Å². The van der Waals surface area contributed by atoms with Gasteiger partial charge in [-0.3, -0.25) is 0 Å². The van der Waals surface area contributed by atoms with Crippen LogP contribution in [0.1, 0.15) is 32.3 Å². The van der Waals surface area contributed by atoms with Crippen molar-refractivity contribution < 1.29 is 5.11 Å². The summed E-state index contributed by atoms with van der Waals surface area (Å²) in [5, 5.41) is 10.5. The Balaban J connectivity index is 2.10. The SMILES string of the molecule is CC(C)Sc1ccc(C2(O)CC2)cc1. The molecule has 1 fully saturated rings. The van der Waals surface area contributed by atoms with Gasteiger partial charge < -0.3 is 5.11 Å². The number of rotatable bonds is 3. The quantitative estimate of drug-likeness (QED) is 0.770. The van der Waals surface area contributed by atoms with E-state index in [9.17, 15) is 5.11 Å². The third kappa shape index (κ3) is 2.12. The number of benzene rings is 1. The van der Waals surface area contributed by atoms with Crippen molar-refractivity contribution in [3.05, 3.63) is 29.8 Å². The smallest absolute Gasteiger partial charge is 0.0899 e. The van der Waals surface area contributed by atoms with Crippen molar-refractivity contribution in [1.82, 2.24) is 0 Å². The molecule has 1 aromatic carbocycles. The molecule has 0 heterocycles. The minimum atomic E-state index is -0.485. The maximum Gasteiger partial charge on any atom is 0.0899 e. The molecule has 1 aromatic rings. The minimum absolute atomic E-state index is 0.485. The van der Waals surface area contributed by atoms with Gasteiger partial charge in [0.05, 0.1) is 5.60 Å². The van der Waals surface area contributed by atoms with Crippen molar-refractivity contribution in [3.63, 3.8) is 0 Å². The summed E-state index contributed by atoms with van der Waals surface area (Å²) in [6, 6.07) is 8.32. The Hall–Kier alpha value is -0.470. The molecule has 1 N–H and O–H groups in total. The number of hydrogen-bond acceptors (Lipinski definition) is 2. The Morgan fingerprint density at radius 1 is 1.21 bits per heavy atom. The molecule has 1 saturated carbocycles. The van der Waals surface area contributed by atoms with E-state index >= 15 is 0 Å². The summed E-state index contributed by atoms with van der Waals surface area (Å²) in [4.78, 5) is 1.29. The van der Waals surface area contributed by atoms with Crippen LogP contribution in [0.5, 0.6) is 0 Å². The molecule has 0 aromatic heterocycles. The monoisotopic (exact) mass is 208 g/mol. The molecular weight excluding hydrogens is 192 g/mol. The number of thioether (sulfide) groups is 1. The van der Waals surface area contributed by atoms with E-state index in [2.05, 4.69) is 38.1 Å². The Labute approximate surface area is 89.5 Å². The highest BCUT2D eigenvalue weighted by Gasteiger charge is 2.41. The molecule has 0 bridgehead atoms. The highest BCUT2D eigenvalue weighted by Crippen LogP contribution is 2.45. The van der Waals surface area contributed by atoms with Gasteiger partial charge in [-0.25, -0.2) is 0 Å². The molecule has 0 radical (unpaired) electrons. The third-order valence-electron chi connectivity index (χ3n) is 2.49. The highest BCUT2D eigenvalue weighted by molar-refractivity contribution is 7.99. The maximum atomic E-state index is 9.87. The number of aliphatic hydroxyl groups is 1. The van der Waals surface area contributed by atoms with Crippen LogP contribution in [0.15, 0.2) is 29.2 Å². The molecule has 2 rings (SSSR count). The van der Waals surface area contributed by atoms with Crippen LogP contribution in [0.25, 0.3) is 0 Å². The molecule has 76 valence electrons. The lowest BCUT2D eigenvalue weighted by Gasteiger charge is -2.09. The van der Waals surface area contributed by atoms with E-state index in [0.29, 0.717) is 5.25 Å². The topological polar surface area (TPSA) is 20.2 Å². The summed E-state index contributed by atoms with van der Waals surface area (Å²) >= 11 is 1.86. The van der Waals surface area contributed by atoms with Gasteiger partial charge in [0.2, 0.25) is 0 Å². The molecule has 0 aliphatic heterocycles. The second kappa shape index (κ2) is 3.59. The average molecular weight is 208 g/mol. The van der Waals surface area contributed by atoms with Crippen molar-refractivity contribution in [2.24, 2.45) is 0 Å². The zero-order chi connectivity index (χ0) is 10.2. The first-order valence-corrected chi connectivity index (χ1v) is 5.98. The Kier molecular flexibility index (Phi) is 2.58. The van der Waals surface area contributed by atoms with Gasteiger partial charge >= 0.3 is 0 Å². The zero-order valence-corrected chi connectivity index (χ0v) is 9.47. The molecular formula is C12H16OS. The van der Waals surface area contributed by atoms with Gasteiger partial charge in [-0.05, 0) is 30.5 Å². The van der Waals surface area contributed by atoms with E-state index in [1.54, 1.807) is 0 Å². The fraction of sp³-hybridized carbons (Fsp3) is 0.500. The Bertz CT molecular complexity index is 312. The maximum absolute atomic E-state index is 9.87. The lowest BCUT2D eigenvalue weighted by molar-refractivity contribution is 0.151. The predicted octanol–water partition coefficient (Wildman–Crippen LogP) is 3.17. The van der Waals surface area contributed by atoms with E-state index < -0.39 is 5.60 Å². The molecule has 1 aliphatic rings. The third-order valence-corrected chi connectivity index (χ3v) is 3.50. The molecule has 2 heteroatoms. The van der Waals surface area contributed by atoms with Gasteiger partial charge in [0.1, 0.15) is 0 Å². The summed E-state index contributed by atoms with van der Waals surface area (Å²) in [7, 11) is 0. The molecule has 0 unspecified atom stereocenters. The summed E-state index contributed by atoms with van der Waals surface area (Å²) in [5.41, 5.74) is 0.590. The van der Waals surface area contributed by atoms with Crippen LogP contribution in [0.3, 0.4) is 0 Å². The Morgan fingerprint density at radius 2 is 1.79 bits per heavy atom. The summed E-state index contributed by atoms with van der Waals surface area (Å²) < 4.78 is 0. The second-order valence-corrected chi connectivity index (χ2v) is 5.87. The summed E-state index contributed by atoms with van der Waals surface area (Å²) in [6.07, 6.45) is 1.84. The van der Waals surface area contributed by atoms with Crippen molar-refractivity contribution >= 4 is 11.8 Å². The first-order valence-electron chi connectivity index (χ1n) is 5.10. The van der Waals surface area contributed by atoms with E-state index in [4.69, 9.17) is 0 Å². The van der Waals surface area contributed by atoms with Crippen molar-refractivity contribution in [2.75, 3.05) is 0 Å². The van der Waals surface area contributed by atoms with Crippen LogP contribution < -0.4 is 0 Å². The lowest BCUT2D eigenvalue weighted by Crippen LogP contribution is -2.03. The van der Waals surface area contributed by atoms with Gasteiger partial charge in [0, 0.05) is 10.1 Å². The molecule has 1 nitrogen and oxygen atoms in total. The van der Waals surface area contributed by atoms with Crippen LogP contribution in [0.4, 0.5) is 0 Å². The van der Waals surface area contributed by atoms with E-state index in [1.165, 1.54) is 4.90 Å². The fourth-order valence-electron chi connectivity index (χ4n) is 1.52. The molecule has 0 spiro atoms. The van der Waals surface area contributed by atoms with Crippen molar-refractivity contribution in [3.8, 4) is 0 Å². The largest absolute Gasteiger partial charge is 0.385 e. The minimum Gasteiger partial charge on any atom is -0.385 e. The number of hydrogen-bond donors (Lipinski definition) is 1. The van der Waals surface area contributed by atoms with E-state index in [-0.39, 0.29) is 0 Å². The molecule has 0 atom stereocenters. The molecule has 0 saturated heterocycles. The first-order chi connectivity index (χ1) is 6.60. The molecule has 1 aliphatic carbocycles. The zero-order valence-electron chi connectivity index (χ0n) is 8.66. The molecule has 14 heavy (non-hydrogen) atoms. The van der Waals surface area contributed by atoms with Gasteiger partial charge in [0.15, 0.2) is 0 Å². The summed E-state index contributed by atoms with van der Waals surface area (Å²) in [5.74, 6) is 0. The van der Waals surface area contributed by atoms with Gasteiger partial charge in [-0.15, -0.1) is 11.8 Å². The van der Waals surface area contributed by atoms with Crippen molar-refractivity contribution in [2.45, 2.75) is 42.4 Å². The predicted molar refractivity (Wildman–Crippen MR) is 60.6 cm³/mol. The normalized spacial score (nSPS) is 18.6. The van der Waals surface area contributed by atoms with Gasteiger partial charge in [-0.2, -0.15) is 0 Å².